The summed E-state index contributed by atoms with van der Waals surface area (Å²) >= 11 is 6.04. The van der Waals surface area contributed by atoms with E-state index in [2.05, 4.69) is 4.98 Å². The van der Waals surface area contributed by atoms with Gasteiger partial charge >= 0.3 is 0 Å². The number of halogens is 1. The molecule has 1 aromatic heterocycles. The van der Waals surface area contributed by atoms with Gasteiger partial charge in [0.25, 0.3) is 0 Å². The number of rotatable bonds is 2. The van der Waals surface area contributed by atoms with Crippen LogP contribution in [-0.2, 0) is 0 Å². The van der Waals surface area contributed by atoms with E-state index in [0.717, 1.165) is 11.1 Å². The van der Waals surface area contributed by atoms with Crippen molar-refractivity contribution in [1.29, 1.82) is 0 Å². The van der Waals surface area contributed by atoms with Crippen molar-refractivity contribution in [2.75, 3.05) is 5.73 Å². The highest BCUT2D eigenvalue weighted by Crippen LogP contribution is 2.29. The molecule has 0 unspecified atom stereocenters. The lowest BCUT2D eigenvalue weighted by Gasteiger charge is -2.08. The minimum atomic E-state index is 0.490. The van der Waals surface area contributed by atoms with E-state index in [1.807, 2.05) is 26.0 Å². The van der Waals surface area contributed by atoms with Crippen LogP contribution < -0.4 is 10.5 Å². The number of ether oxygens (including phenoxy) is 1. The zero-order valence-electron chi connectivity index (χ0n) is 9.70. The van der Waals surface area contributed by atoms with Crippen molar-refractivity contribution >= 4 is 17.3 Å². The Hall–Kier alpha value is -1.74. The van der Waals surface area contributed by atoms with Crippen LogP contribution in [0.5, 0.6) is 11.6 Å². The largest absolute Gasteiger partial charge is 0.437 e. The summed E-state index contributed by atoms with van der Waals surface area (Å²) < 4.78 is 5.63. The van der Waals surface area contributed by atoms with Crippen molar-refractivity contribution in [2.45, 2.75) is 13.8 Å². The number of nitrogens with zero attached hydrogens (tertiary/aromatic N) is 1. The Balaban J connectivity index is 2.31. The fourth-order valence-electron chi connectivity index (χ4n) is 1.40. The minimum Gasteiger partial charge on any atom is -0.437 e. The number of aryl methyl sites for hydroxylation is 2. The van der Waals surface area contributed by atoms with E-state index in [-0.39, 0.29) is 0 Å². The van der Waals surface area contributed by atoms with E-state index in [0.29, 0.717) is 22.3 Å². The maximum absolute atomic E-state index is 6.04. The maximum atomic E-state index is 6.04. The maximum Gasteiger partial charge on any atom is 0.219 e. The fourth-order valence-corrected chi connectivity index (χ4v) is 1.55. The molecule has 2 aromatic rings. The molecule has 0 radical (unpaired) electrons. The molecular weight excluding hydrogens is 236 g/mol. The lowest BCUT2D eigenvalue weighted by molar-refractivity contribution is 0.462. The van der Waals surface area contributed by atoms with Crippen LogP contribution in [0.15, 0.2) is 30.5 Å². The van der Waals surface area contributed by atoms with Crippen molar-refractivity contribution < 1.29 is 4.74 Å². The van der Waals surface area contributed by atoms with Crippen LogP contribution in [0, 0.1) is 13.8 Å². The van der Waals surface area contributed by atoms with Gasteiger partial charge in [-0.05, 0) is 37.1 Å². The summed E-state index contributed by atoms with van der Waals surface area (Å²) in [5, 5.41) is 0.562. The molecule has 1 aromatic carbocycles. The molecule has 2 rings (SSSR count). The van der Waals surface area contributed by atoms with Gasteiger partial charge < -0.3 is 10.5 Å². The number of hydrogen-bond donors (Lipinski definition) is 1. The average molecular weight is 249 g/mol. The number of hydrogen-bond acceptors (Lipinski definition) is 3. The first-order valence-corrected chi connectivity index (χ1v) is 5.60. The van der Waals surface area contributed by atoms with E-state index < -0.39 is 0 Å². The molecule has 1 heterocycles. The molecule has 0 atom stereocenters. The van der Waals surface area contributed by atoms with Gasteiger partial charge in [0.15, 0.2) is 0 Å². The molecule has 0 amide bonds. The third kappa shape index (κ3) is 2.68. The van der Waals surface area contributed by atoms with Crippen LogP contribution in [0.25, 0.3) is 0 Å². The van der Waals surface area contributed by atoms with Gasteiger partial charge in [-0.3, -0.25) is 0 Å². The number of benzene rings is 1. The number of aromatic nitrogens is 1. The Kier molecular flexibility index (Phi) is 3.20. The topological polar surface area (TPSA) is 48.1 Å². The normalized spacial score (nSPS) is 10.3. The summed E-state index contributed by atoms with van der Waals surface area (Å²) in [4.78, 5) is 4.10. The smallest absolute Gasteiger partial charge is 0.219 e. The fraction of sp³-hybridized carbons (Fsp3) is 0.154. The van der Waals surface area contributed by atoms with Gasteiger partial charge in [0, 0.05) is 6.07 Å². The Morgan fingerprint density at radius 2 is 2.00 bits per heavy atom. The lowest BCUT2D eigenvalue weighted by Crippen LogP contribution is -1.94. The van der Waals surface area contributed by atoms with E-state index in [1.54, 1.807) is 18.3 Å². The molecule has 0 saturated heterocycles. The van der Waals surface area contributed by atoms with Crippen molar-refractivity contribution in [3.05, 3.63) is 46.6 Å². The van der Waals surface area contributed by atoms with Gasteiger partial charge in [-0.1, -0.05) is 17.7 Å². The Morgan fingerprint density at radius 1 is 1.24 bits per heavy atom. The second kappa shape index (κ2) is 4.63. The van der Waals surface area contributed by atoms with E-state index >= 15 is 0 Å². The van der Waals surface area contributed by atoms with Gasteiger partial charge in [-0.2, -0.15) is 0 Å². The molecule has 0 aliphatic heterocycles. The number of nitrogens with two attached hydrogens (primary N) is 1. The van der Waals surface area contributed by atoms with E-state index in [1.165, 1.54) is 0 Å². The molecular formula is C13H13ClN2O. The van der Waals surface area contributed by atoms with Gasteiger partial charge in [0.05, 0.1) is 16.9 Å². The first kappa shape index (κ1) is 11.7. The molecule has 88 valence electrons. The molecule has 0 bridgehead atoms. The van der Waals surface area contributed by atoms with Crippen LogP contribution in [0.4, 0.5) is 5.69 Å². The molecule has 0 fully saturated rings. The quantitative estimate of drug-likeness (QED) is 0.881. The number of nitrogen functional groups attached to an aromatic ring is 1. The summed E-state index contributed by atoms with van der Waals surface area (Å²) in [6.07, 6.45) is 1.58. The predicted octanol–water partition coefficient (Wildman–Crippen LogP) is 3.73. The highest BCUT2D eigenvalue weighted by molar-refractivity contribution is 6.32. The van der Waals surface area contributed by atoms with Crippen LogP contribution in [0.1, 0.15) is 11.1 Å². The first-order chi connectivity index (χ1) is 8.06. The summed E-state index contributed by atoms with van der Waals surface area (Å²) in [6, 6.07) is 7.39. The van der Waals surface area contributed by atoms with Crippen molar-refractivity contribution in [3.8, 4) is 11.6 Å². The summed E-state index contributed by atoms with van der Waals surface area (Å²) in [7, 11) is 0. The number of pyridine rings is 1. The Bertz CT molecular complexity index is 555. The summed E-state index contributed by atoms with van der Waals surface area (Å²) in [6.45, 7) is 3.88. The highest BCUT2D eigenvalue weighted by Gasteiger charge is 2.05. The molecule has 0 aliphatic carbocycles. The first-order valence-electron chi connectivity index (χ1n) is 5.22. The molecule has 4 heteroatoms. The van der Waals surface area contributed by atoms with Crippen LogP contribution in [0.3, 0.4) is 0 Å². The predicted molar refractivity (Wildman–Crippen MR) is 69.6 cm³/mol. The van der Waals surface area contributed by atoms with Gasteiger partial charge in [0.1, 0.15) is 5.75 Å². The van der Waals surface area contributed by atoms with Crippen LogP contribution in [-0.4, -0.2) is 4.98 Å². The molecule has 0 saturated carbocycles. The molecule has 17 heavy (non-hydrogen) atoms. The monoisotopic (exact) mass is 248 g/mol. The third-order valence-electron chi connectivity index (χ3n) is 2.43. The average Bonchev–Trinajstić information content (AvgIpc) is 2.29. The summed E-state index contributed by atoms with van der Waals surface area (Å²) in [5.74, 6) is 1.09. The minimum absolute atomic E-state index is 0.490. The number of anilines is 1. The van der Waals surface area contributed by atoms with Gasteiger partial charge in [0.2, 0.25) is 5.88 Å². The second-order valence-electron chi connectivity index (χ2n) is 3.92. The zero-order chi connectivity index (χ0) is 12.4. The van der Waals surface area contributed by atoms with Crippen molar-refractivity contribution in [2.24, 2.45) is 0 Å². The lowest BCUT2D eigenvalue weighted by atomic mass is 10.2. The summed E-state index contributed by atoms with van der Waals surface area (Å²) in [5.41, 5.74) is 8.35. The highest BCUT2D eigenvalue weighted by atomic mass is 35.5. The molecule has 0 spiro atoms. The molecule has 0 aliphatic rings. The Labute approximate surface area is 105 Å². The van der Waals surface area contributed by atoms with Crippen molar-refractivity contribution in [1.82, 2.24) is 4.98 Å². The second-order valence-corrected chi connectivity index (χ2v) is 4.32. The van der Waals surface area contributed by atoms with Crippen LogP contribution in [0.2, 0.25) is 5.02 Å². The van der Waals surface area contributed by atoms with Gasteiger partial charge in [-0.15, -0.1) is 0 Å². The van der Waals surface area contributed by atoms with Crippen molar-refractivity contribution in [3.63, 3.8) is 0 Å². The van der Waals surface area contributed by atoms with E-state index in [4.69, 9.17) is 22.1 Å². The standard InChI is InChI=1S/C13H13ClN2O/c1-8-3-4-10(14)12(5-8)17-13-6-9(2)11(15)7-16-13/h3-7H,15H2,1-2H3. The van der Waals surface area contributed by atoms with E-state index in [9.17, 15) is 0 Å². The third-order valence-corrected chi connectivity index (χ3v) is 2.74. The zero-order valence-corrected chi connectivity index (χ0v) is 10.5. The molecule has 3 nitrogen and oxygen atoms in total. The van der Waals surface area contributed by atoms with Crippen LogP contribution >= 0.6 is 11.6 Å². The Morgan fingerprint density at radius 3 is 2.71 bits per heavy atom. The van der Waals surface area contributed by atoms with Gasteiger partial charge in [-0.25, -0.2) is 4.98 Å². The SMILES string of the molecule is Cc1ccc(Cl)c(Oc2cc(C)c(N)cn2)c1. The molecule has 2 N–H and O–H groups in total.